The Balaban J connectivity index is 1.76. The zero-order chi connectivity index (χ0) is 18.4. The molecule has 9 heteroatoms. The zero-order valence-corrected chi connectivity index (χ0v) is 15.5. The molecule has 0 aliphatic heterocycles. The van der Waals surface area contributed by atoms with Gasteiger partial charge in [0.15, 0.2) is 5.78 Å². The highest BCUT2D eigenvalue weighted by Gasteiger charge is 2.20. The molecule has 0 unspecified atom stereocenters. The number of anilines is 2. The number of amides is 1. The molecule has 0 atom stereocenters. The molecule has 3 heterocycles. The highest BCUT2D eigenvalue weighted by Crippen LogP contribution is 2.34. The van der Waals surface area contributed by atoms with Crippen molar-refractivity contribution in [2.45, 2.75) is 13.8 Å². The van der Waals surface area contributed by atoms with E-state index in [-0.39, 0.29) is 11.7 Å². The maximum absolute atomic E-state index is 12.8. The molecule has 130 valence electrons. The maximum atomic E-state index is 12.8. The van der Waals surface area contributed by atoms with Crippen LogP contribution in [0.1, 0.15) is 32.6 Å². The fraction of sp³-hybridized carbons (Fsp3) is 0.118. The number of benzene rings is 1. The van der Waals surface area contributed by atoms with Gasteiger partial charge in [-0.05, 0) is 32.0 Å². The standard InChI is InChI=1S/C17H13N5O2S2/c1-7-9(8(2)23)6-10-13(18)15(25-17(10)19-7)16(24)20-11-4-3-5-12-14(11)22-26-21-12/h3-6H,18H2,1-2H3,(H,20,24). The largest absolute Gasteiger partial charge is 0.397 e. The number of fused-ring (bicyclic) bond motifs is 2. The molecule has 1 aromatic carbocycles. The summed E-state index contributed by atoms with van der Waals surface area (Å²) < 4.78 is 8.37. The van der Waals surface area contributed by atoms with E-state index in [9.17, 15) is 9.59 Å². The highest BCUT2D eigenvalue weighted by atomic mass is 32.1. The molecule has 3 N–H and O–H groups in total. The molecule has 4 rings (SSSR count). The van der Waals surface area contributed by atoms with Gasteiger partial charge in [-0.25, -0.2) is 4.98 Å². The van der Waals surface area contributed by atoms with Gasteiger partial charge in [-0.2, -0.15) is 8.75 Å². The normalized spacial score (nSPS) is 11.2. The van der Waals surface area contributed by atoms with Gasteiger partial charge in [0, 0.05) is 16.6 Å². The quantitative estimate of drug-likeness (QED) is 0.523. The number of nitrogen functional groups attached to an aromatic ring is 1. The van der Waals surface area contributed by atoms with Gasteiger partial charge < -0.3 is 11.1 Å². The Morgan fingerprint density at radius 3 is 2.81 bits per heavy atom. The van der Waals surface area contributed by atoms with E-state index in [1.54, 1.807) is 25.1 Å². The molecule has 0 aliphatic rings. The summed E-state index contributed by atoms with van der Waals surface area (Å²) in [5, 5.41) is 3.46. The van der Waals surface area contributed by atoms with Crippen molar-refractivity contribution in [1.82, 2.24) is 13.7 Å². The first kappa shape index (κ1) is 16.6. The minimum Gasteiger partial charge on any atom is -0.397 e. The van der Waals surface area contributed by atoms with Gasteiger partial charge in [0.05, 0.1) is 23.1 Å². The fourth-order valence-corrected chi connectivity index (χ4v) is 4.31. The van der Waals surface area contributed by atoms with Gasteiger partial charge in [-0.1, -0.05) is 6.07 Å². The van der Waals surface area contributed by atoms with Crippen molar-refractivity contribution in [3.63, 3.8) is 0 Å². The molecular formula is C17H13N5O2S2. The number of ketones is 1. The van der Waals surface area contributed by atoms with Crippen LogP contribution >= 0.6 is 23.1 Å². The van der Waals surface area contributed by atoms with Crippen LogP contribution in [0.15, 0.2) is 24.3 Å². The predicted octanol–water partition coefficient (Wildman–Crippen LogP) is 3.65. The first-order chi connectivity index (χ1) is 12.5. The molecule has 0 aliphatic carbocycles. The summed E-state index contributed by atoms with van der Waals surface area (Å²) in [5.74, 6) is -0.427. The molecule has 4 aromatic rings. The van der Waals surface area contributed by atoms with E-state index < -0.39 is 0 Å². The first-order valence-electron chi connectivity index (χ1n) is 7.69. The van der Waals surface area contributed by atoms with Crippen LogP contribution in [0.4, 0.5) is 11.4 Å². The second-order valence-corrected chi connectivity index (χ2v) is 7.29. The van der Waals surface area contributed by atoms with Crippen molar-refractivity contribution in [1.29, 1.82) is 0 Å². The number of Topliss-reactive ketones (excluding diaryl/α,β-unsaturated/α-hetero) is 1. The summed E-state index contributed by atoms with van der Waals surface area (Å²) in [6, 6.07) is 7.10. The number of carbonyl (C=O) groups excluding carboxylic acids is 2. The lowest BCUT2D eigenvalue weighted by molar-refractivity contribution is 0.101. The summed E-state index contributed by atoms with van der Waals surface area (Å²) in [6.45, 7) is 3.25. The van der Waals surface area contributed by atoms with Gasteiger partial charge in [-0.3, -0.25) is 9.59 Å². The third kappa shape index (κ3) is 2.61. The van der Waals surface area contributed by atoms with Gasteiger partial charge >= 0.3 is 0 Å². The lowest BCUT2D eigenvalue weighted by Crippen LogP contribution is -2.12. The average Bonchev–Trinajstić information content (AvgIpc) is 3.19. The molecule has 26 heavy (non-hydrogen) atoms. The van der Waals surface area contributed by atoms with E-state index in [2.05, 4.69) is 19.0 Å². The van der Waals surface area contributed by atoms with Crippen molar-refractivity contribution >= 4 is 67.4 Å². The Labute approximate surface area is 156 Å². The number of carbonyl (C=O) groups is 2. The van der Waals surface area contributed by atoms with Crippen LogP contribution < -0.4 is 11.1 Å². The van der Waals surface area contributed by atoms with Crippen molar-refractivity contribution in [3.8, 4) is 0 Å². The summed E-state index contributed by atoms with van der Waals surface area (Å²) in [5.41, 5.74) is 9.56. The van der Waals surface area contributed by atoms with Crippen molar-refractivity contribution < 1.29 is 9.59 Å². The molecule has 0 radical (unpaired) electrons. The summed E-state index contributed by atoms with van der Waals surface area (Å²) in [6.07, 6.45) is 0. The number of hydrogen-bond acceptors (Lipinski definition) is 8. The number of nitrogens with zero attached hydrogens (tertiary/aromatic N) is 3. The lowest BCUT2D eigenvalue weighted by atomic mass is 10.1. The SMILES string of the molecule is CC(=O)c1cc2c(N)c(C(=O)Nc3cccc4nsnc34)sc2nc1C. The molecular weight excluding hydrogens is 370 g/mol. The van der Waals surface area contributed by atoms with Crippen LogP contribution in [0.3, 0.4) is 0 Å². The highest BCUT2D eigenvalue weighted by molar-refractivity contribution is 7.21. The smallest absolute Gasteiger partial charge is 0.268 e. The Hall–Kier alpha value is -2.91. The van der Waals surface area contributed by atoms with Crippen molar-refractivity contribution in [3.05, 3.63) is 40.4 Å². The Morgan fingerprint density at radius 2 is 2.04 bits per heavy atom. The minimum atomic E-state index is -0.340. The van der Waals surface area contributed by atoms with E-state index in [0.29, 0.717) is 43.2 Å². The van der Waals surface area contributed by atoms with Crippen LogP contribution in [0.25, 0.3) is 21.3 Å². The number of hydrogen-bond donors (Lipinski definition) is 2. The average molecular weight is 383 g/mol. The lowest BCUT2D eigenvalue weighted by Gasteiger charge is -2.04. The molecule has 7 nitrogen and oxygen atoms in total. The van der Waals surface area contributed by atoms with E-state index in [1.807, 2.05) is 6.07 Å². The van der Waals surface area contributed by atoms with Crippen LogP contribution in [-0.2, 0) is 0 Å². The van der Waals surface area contributed by atoms with Gasteiger partial charge in [0.1, 0.15) is 20.7 Å². The van der Waals surface area contributed by atoms with Gasteiger partial charge in [0.2, 0.25) is 0 Å². The Bertz CT molecular complexity index is 1190. The zero-order valence-electron chi connectivity index (χ0n) is 13.9. The van der Waals surface area contributed by atoms with Crippen LogP contribution in [0, 0.1) is 6.92 Å². The number of aromatic nitrogens is 3. The van der Waals surface area contributed by atoms with Crippen LogP contribution in [0.5, 0.6) is 0 Å². The first-order valence-corrected chi connectivity index (χ1v) is 9.23. The number of nitrogens with two attached hydrogens (primary N) is 1. The summed E-state index contributed by atoms with van der Waals surface area (Å²) in [7, 11) is 0. The number of aryl methyl sites for hydroxylation is 1. The van der Waals surface area contributed by atoms with E-state index in [4.69, 9.17) is 5.73 Å². The number of nitrogens with one attached hydrogen (secondary N) is 1. The minimum absolute atomic E-state index is 0.0868. The third-order valence-electron chi connectivity index (χ3n) is 4.03. The molecule has 0 saturated heterocycles. The van der Waals surface area contributed by atoms with E-state index in [1.165, 1.54) is 18.3 Å². The maximum Gasteiger partial charge on any atom is 0.268 e. The topological polar surface area (TPSA) is 111 Å². The second-order valence-electron chi connectivity index (χ2n) is 5.77. The van der Waals surface area contributed by atoms with E-state index >= 15 is 0 Å². The van der Waals surface area contributed by atoms with Crippen LogP contribution in [0.2, 0.25) is 0 Å². The van der Waals surface area contributed by atoms with Crippen molar-refractivity contribution in [2.24, 2.45) is 0 Å². The van der Waals surface area contributed by atoms with E-state index in [0.717, 1.165) is 17.2 Å². The Morgan fingerprint density at radius 1 is 1.23 bits per heavy atom. The monoisotopic (exact) mass is 383 g/mol. The molecule has 3 aromatic heterocycles. The predicted molar refractivity (Wildman–Crippen MR) is 104 cm³/mol. The molecule has 0 fully saturated rings. The summed E-state index contributed by atoms with van der Waals surface area (Å²) in [4.78, 5) is 29.9. The summed E-state index contributed by atoms with van der Waals surface area (Å²) >= 11 is 2.29. The van der Waals surface area contributed by atoms with Gasteiger partial charge in [0.25, 0.3) is 5.91 Å². The Kier molecular flexibility index (Phi) is 3.89. The third-order valence-corrected chi connectivity index (χ3v) is 5.69. The molecule has 1 amide bonds. The molecule has 0 spiro atoms. The van der Waals surface area contributed by atoms with Gasteiger partial charge in [-0.15, -0.1) is 11.3 Å². The van der Waals surface area contributed by atoms with Crippen LogP contribution in [-0.4, -0.2) is 25.4 Å². The number of rotatable bonds is 3. The molecule has 0 saturated carbocycles. The number of thiophene rings is 1. The van der Waals surface area contributed by atoms with Crippen molar-refractivity contribution in [2.75, 3.05) is 11.1 Å². The fourth-order valence-electron chi connectivity index (χ4n) is 2.74. The number of pyridine rings is 1. The molecule has 0 bridgehead atoms. The second kappa shape index (κ2) is 6.11.